The summed E-state index contributed by atoms with van der Waals surface area (Å²) in [6.07, 6.45) is 4.47. The Hall–Kier alpha value is -3.29. The highest BCUT2D eigenvalue weighted by molar-refractivity contribution is 5.94. The van der Waals surface area contributed by atoms with Crippen LogP contribution in [-0.4, -0.2) is 103 Å². The van der Waals surface area contributed by atoms with Crippen LogP contribution in [0.4, 0.5) is 0 Å². The SMILES string of the molecule is COC1CN(C[C@@H](O)c2cnc(-n3cnnn3)cn2)CCC12CCN(C1=C(C)C(=O)OC1)C2=O. The van der Waals surface area contributed by atoms with Crippen LogP contribution in [0.25, 0.3) is 5.82 Å². The minimum atomic E-state index is -0.854. The smallest absolute Gasteiger partial charge is 0.336 e. The van der Waals surface area contributed by atoms with Crippen LogP contribution < -0.4 is 0 Å². The summed E-state index contributed by atoms with van der Waals surface area (Å²) < 4.78 is 12.3. The van der Waals surface area contributed by atoms with E-state index in [1.807, 2.05) is 0 Å². The number of aliphatic hydroxyl groups excluding tert-OH is 1. The maximum atomic E-state index is 13.5. The van der Waals surface area contributed by atoms with Gasteiger partial charge in [0, 0.05) is 26.7 Å². The fourth-order valence-corrected chi connectivity index (χ4v) is 5.04. The lowest BCUT2D eigenvalue weighted by molar-refractivity contribution is -0.149. The van der Waals surface area contributed by atoms with Crippen molar-refractivity contribution in [1.82, 2.24) is 40.0 Å². The molecule has 1 spiro atoms. The second-order valence-corrected chi connectivity index (χ2v) is 8.81. The molecule has 0 aliphatic carbocycles. The van der Waals surface area contributed by atoms with Gasteiger partial charge in [-0.15, -0.1) is 5.10 Å². The van der Waals surface area contributed by atoms with Crippen molar-refractivity contribution in [3.63, 3.8) is 0 Å². The van der Waals surface area contributed by atoms with Gasteiger partial charge in [0.15, 0.2) is 5.82 Å². The number of tetrazole rings is 1. The molecular weight excluding hydrogens is 444 g/mol. The van der Waals surface area contributed by atoms with Crippen molar-refractivity contribution < 1.29 is 24.2 Å². The summed E-state index contributed by atoms with van der Waals surface area (Å²) in [5.41, 5.74) is 0.931. The van der Waals surface area contributed by atoms with Gasteiger partial charge in [0.2, 0.25) is 5.91 Å². The molecule has 2 fully saturated rings. The molecule has 180 valence electrons. The third-order valence-corrected chi connectivity index (χ3v) is 7.07. The predicted octanol–water partition coefficient (Wildman–Crippen LogP) is -0.744. The number of rotatable bonds is 6. The lowest BCUT2D eigenvalue weighted by atomic mass is 9.74. The van der Waals surface area contributed by atoms with E-state index < -0.39 is 11.5 Å². The first-order valence-electron chi connectivity index (χ1n) is 11.1. The lowest BCUT2D eigenvalue weighted by Gasteiger charge is -2.44. The Morgan fingerprint density at radius 2 is 2.09 bits per heavy atom. The number of aliphatic hydroxyl groups is 1. The maximum Gasteiger partial charge on any atom is 0.336 e. The van der Waals surface area contributed by atoms with Crippen LogP contribution in [0.5, 0.6) is 0 Å². The van der Waals surface area contributed by atoms with Gasteiger partial charge in [0.1, 0.15) is 19.0 Å². The Morgan fingerprint density at radius 1 is 1.26 bits per heavy atom. The number of ether oxygens (including phenoxy) is 2. The summed E-state index contributed by atoms with van der Waals surface area (Å²) in [5.74, 6) is 0.0607. The average Bonchev–Trinajstić information content (AvgIpc) is 3.58. The lowest BCUT2D eigenvalue weighted by Crippen LogP contribution is -2.55. The number of carbonyl (C=O) groups excluding carboxylic acids is 2. The van der Waals surface area contributed by atoms with Gasteiger partial charge in [0.25, 0.3) is 0 Å². The number of aromatic nitrogens is 6. The van der Waals surface area contributed by atoms with Gasteiger partial charge in [-0.3, -0.25) is 14.7 Å². The van der Waals surface area contributed by atoms with E-state index >= 15 is 0 Å². The quantitative estimate of drug-likeness (QED) is 0.532. The van der Waals surface area contributed by atoms with Crippen LogP contribution in [0.15, 0.2) is 30.0 Å². The minimum Gasteiger partial charge on any atom is -0.456 e. The van der Waals surface area contributed by atoms with Crippen LogP contribution in [0, 0.1) is 5.41 Å². The highest BCUT2D eigenvalue weighted by Gasteiger charge is 2.55. The third kappa shape index (κ3) is 3.75. The number of carbonyl (C=O) groups is 2. The molecule has 0 saturated carbocycles. The van der Waals surface area contributed by atoms with Crippen LogP contribution in [0.3, 0.4) is 0 Å². The Labute approximate surface area is 195 Å². The van der Waals surface area contributed by atoms with E-state index in [0.29, 0.717) is 61.8 Å². The van der Waals surface area contributed by atoms with Crippen LogP contribution in [0.2, 0.25) is 0 Å². The van der Waals surface area contributed by atoms with Crippen molar-refractivity contribution in [1.29, 1.82) is 0 Å². The van der Waals surface area contributed by atoms with Crippen molar-refractivity contribution in [3.05, 3.63) is 35.7 Å². The van der Waals surface area contributed by atoms with Crippen molar-refractivity contribution >= 4 is 11.9 Å². The molecule has 1 N–H and O–H groups in total. The number of piperidine rings is 1. The summed E-state index contributed by atoms with van der Waals surface area (Å²) in [6.45, 7) is 3.82. The zero-order chi connectivity index (χ0) is 23.9. The van der Waals surface area contributed by atoms with Crippen LogP contribution in [0.1, 0.15) is 31.6 Å². The molecule has 34 heavy (non-hydrogen) atoms. The maximum absolute atomic E-state index is 13.5. The standard InChI is InChI=1S/C21H26N8O5/c1-13-15(11-34-19(13)31)28-6-4-21(20(28)32)3-5-27(10-17(21)33-2)9-16(30)14-7-23-18(8-22-14)29-12-24-25-26-29/h7-8,12,16-17,30H,3-6,9-11H2,1-2H3/t16-,17?,21?/m1/s1. The number of cyclic esters (lactones) is 1. The first-order chi connectivity index (χ1) is 16.4. The Balaban J connectivity index is 1.25. The average molecular weight is 470 g/mol. The highest BCUT2D eigenvalue weighted by atomic mass is 16.5. The molecule has 13 nitrogen and oxygen atoms in total. The van der Waals surface area contributed by atoms with Gasteiger partial charge < -0.3 is 19.5 Å². The van der Waals surface area contributed by atoms with E-state index in [4.69, 9.17) is 9.47 Å². The third-order valence-electron chi connectivity index (χ3n) is 7.07. The zero-order valence-electron chi connectivity index (χ0n) is 19.0. The van der Waals surface area contributed by atoms with Crippen molar-refractivity contribution in [3.8, 4) is 5.82 Å². The van der Waals surface area contributed by atoms with Crippen LogP contribution in [-0.2, 0) is 19.1 Å². The monoisotopic (exact) mass is 470 g/mol. The molecule has 2 saturated heterocycles. The number of hydrogen-bond acceptors (Lipinski definition) is 11. The first-order valence-corrected chi connectivity index (χ1v) is 11.1. The molecule has 3 aliphatic heterocycles. The molecule has 1 amide bonds. The fourth-order valence-electron chi connectivity index (χ4n) is 5.04. The van der Waals surface area contributed by atoms with Crippen molar-refractivity contribution in [2.24, 2.45) is 5.41 Å². The first kappa shape index (κ1) is 22.5. The molecule has 3 aliphatic rings. The van der Waals surface area contributed by atoms with E-state index in [-0.39, 0.29) is 24.6 Å². The number of nitrogens with zero attached hydrogens (tertiary/aromatic N) is 8. The Bertz CT molecular complexity index is 1100. The highest BCUT2D eigenvalue weighted by Crippen LogP contribution is 2.45. The molecule has 2 aromatic rings. The summed E-state index contributed by atoms with van der Waals surface area (Å²) in [7, 11) is 1.61. The van der Waals surface area contributed by atoms with Gasteiger partial charge >= 0.3 is 5.97 Å². The van der Waals surface area contributed by atoms with Gasteiger partial charge in [0.05, 0.1) is 40.9 Å². The number of likely N-dealkylation sites (tertiary alicyclic amines) is 2. The van der Waals surface area contributed by atoms with E-state index in [1.165, 1.54) is 23.4 Å². The number of β-amino-alcohol motifs (C(OH)–C–C–N with tert-alkyl or cyclic N) is 1. The summed E-state index contributed by atoms with van der Waals surface area (Å²) >= 11 is 0. The van der Waals surface area contributed by atoms with Gasteiger partial charge in [-0.25, -0.2) is 9.78 Å². The summed E-state index contributed by atoms with van der Waals surface area (Å²) in [4.78, 5) is 37.6. The second kappa shape index (κ2) is 8.81. The molecule has 2 unspecified atom stereocenters. The predicted molar refractivity (Wildman–Crippen MR) is 114 cm³/mol. The Kier molecular flexibility index (Phi) is 5.83. The molecule has 3 atom stereocenters. The molecule has 2 aromatic heterocycles. The number of amides is 1. The summed E-state index contributed by atoms with van der Waals surface area (Å²) in [6, 6.07) is 0. The fraction of sp³-hybridized carbons (Fsp3) is 0.571. The molecule has 0 aromatic carbocycles. The van der Waals surface area contributed by atoms with Gasteiger partial charge in [-0.2, -0.15) is 4.68 Å². The Morgan fingerprint density at radius 3 is 2.74 bits per heavy atom. The van der Waals surface area contributed by atoms with E-state index in [2.05, 4.69) is 30.4 Å². The van der Waals surface area contributed by atoms with E-state index in [1.54, 1.807) is 18.9 Å². The topological polar surface area (TPSA) is 149 Å². The summed E-state index contributed by atoms with van der Waals surface area (Å²) in [5, 5.41) is 21.6. The van der Waals surface area contributed by atoms with E-state index in [0.717, 1.165) is 0 Å². The van der Waals surface area contributed by atoms with Gasteiger partial charge in [-0.1, -0.05) is 0 Å². The zero-order valence-corrected chi connectivity index (χ0v) is 19.0. The molecule has 0 bridgehead atoms. The van der Waals surface area contributed by atoms with E-state index in [9.17, 15) is 14.7 Å². The van der Waals surface area contributed by atoms with Crippen molar-refractivity contribution in [2.75, 3.05) is 39.9 Å². The molecule has 5 heterocycles. The number of methoxy groups -OCH3 is 1. The van der Waals surface area contributed by atoms with Crippen molar-refractivity contribution in [2.45, 2.75) is 32.0 Å². The normalized spacial score (nSPS) is 26.6. The number of hydrogen-bond donors (Lipinski definition) is 1. The molecule has 13 heteroatoms. The molecule has 5 rings (SSSR count). The minimum absolute atomic E-state index is 0.0174. The van der Waals surface area contributed by atoms with Crippen LogP contribution >= 0.6 is 0 Å². The van der Waals surface area contributed by atoms with Gasteiger partial charge in [-0.05, 0) is 36.7 Å². The largest absolute Gasteiger partial charge is 0.456 e. The molecule has 0 radical (unpaired) electrons. The molecular formula is C21H26N8O5. The number of esters is 1. The second-order valence-electron chi connectivity index (χ2n) is 8.81.